The summed E-state index contributed by atoms with van der Waals surface area (Å²) in [5.41, 5.74) is 2.67. The van der Waals surface area contributed by atoms with E-state index in [0.717, 1.165) is 17.9 Å². The number of hydrogen-bond donors (Lipinski definition) is 1. The van der Waals surface area contributed by atoms with Crippen molar-refractivity contribution in [1.82, 2.24) is 14.8 Å². The van der Waals surface area contributed by atoms with Crippen LogP contribution in [0.1, 0.15) is 41.6 Å². The van der Waals surface area contributed by atoms with Gasteiger partial charge in [0.1, 0.15) is 11.9 Å². The molecule has 3 aromatic rings. The fraction of sp³-hybridized carbons (Fsp3) is 0.318. The molecule has 5 nitrogen and oxygen atoms in total. The second kappa shape index (κ2) is 9.33. The lowest BCUT2D eigenvalue weighted by Gasteiger charge is -2.18. The van der Waals surface area contributed by atoms with Crippen LogP contribution < -0.4 is 4.90 Å². The van der Waals surface area contributed by atoms with E-state index in [1.54, 1.807) is 12.1 Å². The topological polar surface area (TPSA) is 52.2 Å². The summed E-state index contributed by atoms with van der Waals surface area (Å²) < 4.78 is 15.3. The molecule has 0 aliphatic heterocycles. The summed E-state index contributed by atoms with van der Waals surface area (Å²) in [5.74, 6) is 0.779. The van der Waals surface area contributed by atoms with Crippen LogP contribution in [-0.2, 0) is 6.42 Å². The SMILES string of the molecule is CCc1ccc(C(=O)CSc2nnc([C@@H](C)[NH+](C)C)n2-c2ccc(F)cc2)cc1. The Labute approximate surface area is 175 Å². The quantitative estimate of drug-likeness (QED) is 0.455. The second-order valence-corrected chi connectivity index (χ2v) is 8.16. The number of carbonyl (C=O) groups excluding carboxylic acids is 1. The van der Waals surface area contributed by atoms with Gasteiger partial charge in [0, 0.05) is 11.3 Å². The highest BCUT2D eigenvalue weighted by atomic mass is 32.2. The average Bonchev–Trinajstić information content (AvgIpc) is 3.15. The molecule has 0 aliphatic carbocycles. The van der Waals surface area contributed by atoms with Gasteiger partial charge in [-0.25, -0.2) is 4.39 Å². The Kier molecular flexibility index (Phi) is 6.82. The number of benzene rings is 2. The number of nitrogens with zero attached hydrogens (tertiary/aromatic N) is 3. The Morgan fingerprint density at radius 1 is 1.10 bits per heavy atom. The molecule has 0 bridgehead atoms. The van der Waals surface area contributed by atoms with E-state index >= 15 is 0 Å². The molecule has 3 rings (SSSR count). The predicted molar refractivity (Wildman–Crippen MR) is 113 cm³/mol. The number of aromatic nitrogens is 3. The summed E-state index contributed by atoms with van der Waals surface area (Å²) in [4.78, 5) is 13.8. The number of thioether (sulfide) groups is 1. The fourth-order valence-corrected chi connectivity index (χ4v) is 3.74. The van der Waals surface area contributed by atoms with Crippen LogP contribution in [0.4, 0.5) is 4.39 Å². The molecule has 0 amide bonds. The lowest BCUT2D eigenvalue weighted by atomic mass is 10.1. The average molecular weight is 414 g/mol. The molecular weight excluding hydrogens is 387 g/mol. The van der Waals surface area contributed by atoms with Gasteiger partial charge < -0.3 is 4.90 Å². The van der Waals surface area contributed by atoms with Gasteiger partial charge in [-0.2, -0.15) is 0 Å². The Bertz CT molecular complexity index is 967. The van der Waals surface area contributed by atoms with E-state index in [-0.39, 0.29) is 23.4 Å². The van der Waals surface area contributed by atoms with Gasteiger partial charge in [0.15, 0.2) is 16.8 Å². The van der Waals surface area contributed by atoms with Crippen molar-refractivity contribution in [3.05, 3.63) is 71.3 Å². The molecule has 0 spiro atoms. The van der Waals surface area contributed by atoms with Crippen LogP contribution in [0.2, 0.25) is 0 Å². The summed E-state index contributed by atoms with van der Waals surface area (Å²) in [6, 6.07) is 14.0. The van der Waals surface area contributed by atoms with Gasteiger partial charge in [0.25, 0.3) is 0 Å². The molecule has 0 radical (unpaired) electrons. The van der Waals surface area contributed by atoms with Crippen molar-refractivity contribution in [1.29, 1.82) is 0 Å². The van der Waals surface area contributed by atoms with Crippen molar-refractivity contribution in [3.8, 4) is 5.69 Å². The lowest BCUT2D eigenvalue weighted by molar-refractivity contribution is -0.890. The highest BCUT2D eigenvalue weighted by molar-refractivity contribution is 7.99. The van der Waals surface area contributed by atoms with Crippen LogP contribution in [0.3, 0.4) is 0 Å². The number of halogens is 1. The monoisotopic (exact) mass is 413 g/mol. The minimum atomic E-state index is -0.297. The van der Waals surface area contributed by atoms with Gasteiger partial charge in [-0.3, -0.25) is 9.36 Å². The molecule has 2 aromatic carbocycles. The number of aryl methyl sites for hydroxylation is 1. The lowest BCUT2D eigenvalue weighted by Crippen LogP contribution is -3.05. The maximum absolute atomic E-state index is 13.4. The predicted octanol–water partition coefficient (Wildman–Crippen LogP) is 3.15. The van der Waals surface area contributed by atoms with Crippen LogP contribution in [0.25, 0.3) is 5.69 Å². The summed E-state index contributed by atoms with van der Waals surface area (Å²) in [6.07, 6.45) is 0.943. The van der Waals surface area contributed by atoms with Crippen LogP contribution in [-0.4, -0.2) is 40.4 Å². The Balaban J connectivity index is 1.86. The van der Waals surface area contributed by atoms with Crippen LogP contribution in [0, 0.1) is 5.82 Å². The van der Waals surface area contributed by atoms with E-state index in [1.807, 2.05) is 42.9 Å². The molecule has 0 saturated heterocycles. The molecule has 0 aliphatic rings. The Hall–Kier alpha value is -2.51. The zero-order valence-corrected chi connectivity index (χ0v) is 18.0. The number of quaternary nitrogens is 1. The third kappa shape index (κ3) is 4.92. The molecule has 29 heavy (non-hydrogen) atoms. The van der Waals surface area contributed by atoms with Crippen LogP contribution in [0.5, 0.6) is 0 Å². The first-order chi connectivity index (χ1) is 13.9. The molecule has 1 aromatic heterocycles. The zero-order chi connectivity index (χ0) is 21.0. The minimum Gasteiger partial charge on any atom is -0.331 e. The molecule has 0 saturated carbocycles. The maximum Gasteiger partial charge on any atom is 0.196 e. The molecule has 1 N–H and O–H groups in total. The van der Waals surface area contributed by atoms with Gasteiger partial charge >= 0.3 is 0 Å². The number of rotatable bonds is 8. The summed E-state index contributed by atoms with van der Waals surface area (Å²) in [7, 11) is 4.09. The first kappa shape index (κ1) is 21.2. The van der Waals surface area contributed by atoms with Crippen molar-refractivity contribution in [2.24, 2.45) is 0 Å². The highest BCUT2D eigenvalue weighted by Crippen LogP contribution is 2.25. The van der Waals surface area contributed by atoms with Crippen molar-refractivity contribution in [2.75, 3.05) is 19.8 Å². The van der Waals surface area contributed by atoms with Crippen LogP contribution in [0.15, 0.2) is 53.7 Å². The first-order valence-electron chi connectivity index (χ1n) is 9.67. The number of Topliss-reactive ketones (excluding diaryl/α,β-unsaturated/α-hetero) is 1. The number of ketones is 1. The number of hydrogen-bond acceptors (Lipinski definition) is 4. The maximum atomic E-state index is 13.4. The van der Waals surface area contributed by atoms with Gasteiger partial charge in [-0.15, -0.1) is 10.2 Å². The van der Waals surface area contributed by atoms with E-state index in [9.17, 15) is 9.18 Å². The van der Waals surface area contributed by atoms with E-state index in [2.05, 4.69) is 24.0 Å². The second-order valence-electron chi connectivity index (χ2n) is 7.21. The van der Waals surface area contributed by atoms with Gasteiger partial charge in [-0.05, 0) is 43.2 Å². The first-order valence-corrected chi connectivity index (χ1v) is 10.7. The van der Waals surface area contributed by atoms with Gasteiger partial charge in [0.05, 0.1) is 19.8 Å². The number of carbonyl (C=O) groups is 1. The van der Waals surface area contributed by atoms with Gasteiger partial charge in [0.2, 0.25) is 0 Å². The molecular formula is C22H26FN4OS+. The van der Waals surface area contributed by atoms with E-state index < -0.39 is 0 Å². The van der Waals surface area contributed by atoms with Gasteiger partial charge in [-0.1, -0.05) is 43.0 Å². The third-order valence-electron chi connectivity index (χ3n) is 5.01. The van der Waals surface area contributed by atoms with Crippen molar-refractivity contribution >= 4 is 17.5 Å². The van der Waals surface area contributed by atoms with Crippen molar-refractivity contribution in [2.45, 2.75) is 31.5 Å². The van der Waals surface area contributed by atoms with Crippen LogP contribution >= 0.6 is 11.8 Å². The van der Waals surface area contributed by atoms with E-state index in [1.165, 1.54) is 34.4 Å². The largest absolute Gasteiger partial charge is 0.331 e. The normalized spacial score (nSPS) is 12.3. The third-order valence-corrected chi connectivity index (χ3v) is 5.94. The molecule has 7 heteroatoms. The Morgan fingerprint density at radius 2 is 1.76 bits per heavy atom. The standard InChI is InChI=1S/C22H25FN4OS/c1-5-16-6-8-17(9-7-16)20(28)14-29-22-25-24-21(15(2)26(3)4)27(22)19-12-10-18(23)11-13-19/h6-13,15H,5,14H2,1-4H3/p+1/t15-/m1/s1. The van der Waals surface area contributed by atoms with Crippen molar-refractivity contribution in [3.63, 3.8) is 0 Å². The smallest absolute Gasteiger partial charge is 0.196 e. The van der Waals surface area contributed by atoms with E-state index in [4.69, 9.17) is 0 Å². The molecule has 0 fully saturated rings. The number of nitrogens with one attached hydrogen (secondary N) is 1. The highest BCUT2D eigenvalue weighted by Gasteiger charge is 2.24. The Morgan fingerprint density at radius 3 is 2.34 bits per heavy atom. The van der Waals surface area contributed by atoms with Crippen molar-refractivity contribution < 1.29 is 14.1 Å². The minimum absolute atomic E-state index is 0.0409. The summed E-state index contributed by atoms with van der Waals surface area (Å²) in [5, 5.41) is 9.33. The zero-order valence-electron chi connectivity index (χ0n) is 17.1. The summed E-state index contributed by atoms with van der Waals surface area (Å²) >= 11 is 1.35. The fourth-order valence-electron chi connectivity index (χ4n) is 2.89. The summed E-state index contributed by atoms with van der Waals surface area (Å²) in [6.45, 7) is 4.15. The molecule has 0 unspecified atom stereocenters. The van der Waals surface area contributed by atoms with E-state index in [0.29, 0.717) is 10.7 Å². The molecule has 1 heterocycles. The molecule has 152 valence electrons. The molecule has 1 atom stereocenters.